The molecular formula is C23H30N6O3S. The smallest absolute Gasteiger partial charge is 0.274 e. The summed E-state index contributed by atoms with van der Waals surface area (Å²) < 4.78 is 26.8. The number of fused-ring (bicyclic) bond motifs is 2. The van der Waals surface area contributed by atoms with Crippen LogP contribution in [0.3, 0.4) is 0 Å². The Morgan fingerprint density at radius 2 is 2.00 bits per heavy atom. The molecule has 0 saturated heterocycles. The number of hydrogen-bond acceptors (Lipinski definition) is 6. The largest absolute Gasteiger partial charge is 0.393 e. The molecule has 2 aliphatic carbocycles. The zero-order chi connectivity index (χ0) is 23.4. The topological polar surface area (TPSA) is 135 Å². The third kappa shape index (κ3) is 4.23. The van der Waals surface area contributed by atoms with Gasteiger partial charge in [-0.1, -0.05) is 38.1 Å². The fourth-order valence-electron chi connectivity index (χ4n) is 5.57. The number of nitrogens with two attached hydrogens (primary N) is 1. The Bertz CT molecular complexity index is 1290. The van der Waals surface area contributed by atoms with E-state index in [9.17, 15) is 13.5 Å². The average Bonchev–Trinajstić information content (AvgIpc) is 3.41. The minimum Gasteiger partial charge on any atom is -0.393 e. The first-order chi connectivity index (χ1) is 15.6. The molecule has 2 aromatic heterocycles. The van der Waals surface area contributed by atoms with Gasteiger partial charge in [-0.3, -0.25) is 0 Å². The van der Waals surface area contributed by atoms with Crippen LogP contribution in [-0.4, -0.2) is 40.7 Å². The highest BCUT2D eigenvalue weighted by Crippen LogP contribution is 2.46. The van der Waals surface area contributed by atoms with Crippen LogP contribution in [0.15, 0.2) is 42.9 Å². The van der Waals surface area contributed by atoms with E-state index in [1.807, 2.05) is 12.3 Å². The molecule has 9 nitrogen and oxygen atoms in total. The first kappa shape index (κ1) is 22.3. The molecule has 3 aromatic rings. The van der Waals surface area contributed by atoms with E-state index in [0.29, 0.717) is 12.8 Å². The van der Waals surface area contributed by atoms with Crippen molar-refractivity contribution in [3.8, 4) is 0 Å². The summed E-state index contributed by atoms with van der Waals surface area (Å²) in [6.07, 6.45) is 5.06. The van der Waals surface area contributed by atoms with Crippen molar-refractivity contribution < 1.29 is 13.5 Å². The number of anilines is 1. The molecule has 0 aliphatic heterocycles. The number of hydrogen-bond donors (Lipinski definition) is 4. The lowest BCUT2D eigenvalue weighted by molar-refractivity contribution is 0.133. The Morgan fingerprint density at radius 1 is 1.21 bits per heavy atom. The third-order valence-corrected chi connectivity index (χ3v) is 7.74. The summed E-state index contributed by atoms with van der Waals surface area (Å²) in [5.74, 6) is 0.588. The van der Waals surface area contributed by atoms with Crippen LogP contribution in [0.25, 0.3) is 11.0 Å². The molecule has 0 spiro atoms. The fraction of sp³-hybridized carbons (Fsp3) is 0.478. The average molecular weight is 471 g/mol. The minimum absolute atomic E-state index is 0.0127. The Kier molecular flexibility index (Phi) is 5.43. The van der Waals surface area contributed by atoms with Crippen molar-refractivity contribution in [1.82, 2.24) is 19.3 Å². The van der Waals surface area contributed by atoms with Gasteiger partial charge in [0, 0.05) is 24.7 Å². The maximum atomic E-state index is 11.2. The fourth-order valence-corrected chi connectivity index (χ4v) is 6.01. The summed E-state index contributed by atoms with van der Waals surface area (Å²) in [5, 5.41) is 20.1. The maximum Gasteiger partial charge on any atom is 0.274 e. The lowest BCUT2D eigenvalue weighted by Crippen LogP contribution is -2.36. The van der Waals surface area contributed by atoms with Gasteiger partial charge in [-0.25, -0.2) is 19.8 Å². The number of nitrogens with zero attached hydrogens (tertiary/aromatic N) is 3. The summed E-state index contributed by atoms with van der Waals surface area (Å²) in [5.41, 5.74) is 3.56. The predicted molar refractivity (Wildman–Crippen MR) is 127 cm³/mol. The van der Waals surface area contributed by atoms with E-state index in [1.165, 1.54) is 11.1 Å². The van der Waals surface area contributed by atoms with E-state index >= 15 is 0 Å². The molecule has 5 rings (SSSR count). The minimum atomic E-state index is -3.78. The zero-order valence-corrected chi connectivity index (χ0v) is 19.6. The molecule has 1 fully saturated rings. The molecule has 0 amide bonds. The first-order valence-corrected chi connectivity index (χ1v) is 12.8. The van der Waals surface area contributed by atoms with Crippen LogP contribution in [0.1, 0.15) is 56.3 Å². The number of benzene rings is 1. The van der Waals surface area contributed by atoms with Crippen molar-refractivity contribution >= 4 is 27.1 Å². The van der Waals surface area contributed by atoms with Gasteiger partial charge in [0.15, 0.2) is 0 Å². The zero-order valence-electron chi connectivity index (χ0n) is 18.8. The highest BCUT2D eigenvalue weighted by molar-refractivity contribution is 7.87. The number of rotatable bonds is 6. The van der Waals surface area contributed by atoms with Crippen LogP contribution >= 0.6 is 0 Å². The molecule has 0 unspecified atom stereocenters. The van der Waals surface area contributed by atoms with Crippen LogP contribution in [0.2, 0.25) is 0 Å². The Morgan fingerprint density at radius 3 is 2.79 bits per heavy atom. The first-order valence-electron chi connectivity index (χ1n) is 11.3. The molecule has 2 heterocycles. The molecule has 4 atom stereocenters. The molecule has 2 aliphatic rings. The highest BCUT2D eigenvalue weighted by atomic mass is 32.2. The van der Waals surface area contributed by atoms with E-state index < -0.39 is 16.3 Å². The highest BCUT2D eigenvalue weighted by Gasteiger charge is 2.37. The van der Waals surface area contributed by atoms with Crippen LogP contribution in [0.5, 0.6) is 0 Å². The second-order valence-corrected chi connectivity index (χ2v) is 11.3. The van der Waals surface area contributed by atoms with Crippen LogP contribution < -0.4 is 15.2 Å². The van der Waals surface area contributed by atoms with Gasteiger partial charge in [0.1, 0.15) is 17.8 Å². The van der Waals surface area contributed by atoms with Crippen molar-refractivity contribution in [3.05, 3.63) is 54.0 Å². The normalized spacial score (nSPS) is 26.5. The van der Waals surface area contributed by atoms with E-state index in [2.05, 4.69) is 62.7 Å². The number of aliphatic hydroxyl groups excluding tert-OH is 1. The van der Waals surface area contributed by atoms with E-state index in [0.717, 1.165) is 23.3 Å². The van der Waals surface area contributed by atoms with E-state index in [1.54, 1.807) is 6.33 Å². The Hall–Kier alpha value is -2.53. The van der Waals surface area contributed by atoms with Gasteiger partial charge in [-0.15, -0.1) is 0 Å². The Labute approximate surface area is 193 Å². The maximum absolute atomic E-state index is 11.2. The second-order valence-electron chi connectivity index (χ2n) is 9.90. The molecule has 176 valence electrons. The summed E-state index contributed by atoms with van der Waals surface area (Å²) in [7, 11) is -3.78. The van der Waals surface area contributed by atoms with Crippen molar-refractivity contribution in [1.29, 1.82) is 0 Å². The van der Waals surface area contributed by atoms with Gasteiger partial charge in [0.25, 0.3) is 10.2 Å². The van der Waals surface area contributed by atoms with E-state index in [4.69, 9.17) is 5.14 Å². The standard InChI is InChI=1S/C23H30N6O3S/c1-23(2)11-19(16-5-3-4-6-18(16)23)28-21-17-7-8-29(22(17)26-13-25-21)15-9-14(20(30)10-15)12-27-33(24,31)32/h3-8,13-15,19-20,27,30H,9-12H2,1-2H3,(H2,24,31,32)(H,25,26,28)/t14-,15+,19-,20-/m0/s1. The molecule has 0 radical (unpaired) electrons. The lowest BCUT2D eigenvalue weighted by Gasteiger charge is -2.20. The SMILES string of the molecule is CC1(C)C[C@H](Nc2ncnc3c2ccn3[C@@H]2C[C@@H](CNS(N)(=O)=O)[C@@H](O)C2)c2ccccc21. The molecule has 10 heteroatoms. The molecule has 1 saturated carbocycles. The molecule has 0 bridgehead atoms. The van der Waals surface area contributed by atoms with Gasteiger partial charge < -0.3 is 15.0 Å². The second kappa shape index (κ2) is 8.05. The Balaban J connectivity index is 1.39. The quantitative estimate of drug-likeness (QED) is 0.437. The van der Waals surface area contributed by atoms with Crippen LogP contribution in [0.4, 0.5) is 5.82 Å². The number of nitrogens with one attached hydrogen (secondary N) is 2. The summed E-state index contributed by atoms with van der Waals surface area (Å²) >= 11 is 0. The van der Waals surface area contributed by atoms with Crippen molar-refractivity contribution in [2.24, 2.45) is 11.1 Å². The summed E-state index contributed by atoms with van der Waals surface area (Å²) in [4.78, 5) is 9.07. The van der Waals surface area contributed by atoms with Gasteiger partial charge in [0.05, 0.1) is 17.5 Å². The lowest BCUT2D eigenvalue weighted by atomic mass is 9.86. The van der Waals surface area contributed by atoms with E-state index in [-0.39, 0.29) is 30.0 Å². The third-order valence-electron chi connectivity index (χ3n) is 7.17. The molecular weight excluding hydrogens is 440 g/mol. The van der Waals surface area contributed by atoms with Gasteiger partial charge >= 0.3 is 0 Å². The summed E-state index contributed by atoms with van der Waals surface area (Å²) in [6.45, 7) is 4.66. The van der Waals surface area contributed by atoms with Crippen molar-refractivity contribution in [2.45, 2.75) is 56.7 Å². The van der Waals surface area contributed by atoms with Crippen LogP contribution in [0, 0.1) is 5.92 Å². The van der Waals surface area contributed by atoms with Gasteiger partial charge in [-0.2, -0.15) is 8.42 Å². The predicted octanol–water partition coefficient (Wildman–Crippen LogP) is 2.37. The molecule has 33 heavy (non-hydrogen) atoms. The number of aromatic nitrogens is 3. The van der Waals surface area contributed by atoms with Crippen molar-refractivity contribution in [2.75, 3.05) is 11.9 Å². The molecule has 5 N–H and O–H groups in total. The van der Waals surface area contributed by atoms with Gasteiger partial charge in [-0.05, 0) is 41.9 Å². The number of aliphatic hydroxyl groups is 1. The monoisotopic (exact) mass is 470 g/mol. The van der Waals surface area contributed by atoms with Crippen molar-refractivity contribution in [3.63, 3.8) is 0 Å². The van der Waals surface area contributed by atoms with Gasteiger partial charge in [0.2, 0.25) is 0 Å². The summed E-state index contributed by atoms with van der Waals surface area (Å²) in [6, 6.07) is 10.7. The van der Waals surface area contributed by atoms with Crippen LogP contribution in [-0.2, 0) is 15.6 Å². The molecule has 1 aromatic carbocycles.